The van der Waals surface area contributed by atoms with Gasteiger partial charge < -0.3 is 20.5 Å². The molecular formula is C14H21ClN2O4. The molecule has 1 rings (SSSR count). The maximum absolute atomic E-state index is 11.6. The highest BCUT2D eigenvalue weighted by Gasteiger charge is 2.22. The number of nitrogens with one attached hydrogen (secondary N) is 1. The SMILES string of the molecule is CC(C)OC(=O)[C@@H](CN)NC(=O)OCc1ccccc1.Cl. The monoisotopic (exact) mass is 316 g/mol. The number of benzene rings is 1. The fourth-order valence-corrected chi connectivity index (χ4v) is 1.44. The molecule has 0 radical (unpaired) electrons. The predicted molar refractivity (Wildman–Crippen MR) is 81.1 cm³/mol. The summed E-state index contributed by atoms with van der Waals surface area (Å²) in [6.45, 7) is 3.52. The minimum atomic E-state index is -0.902. The van der Waals surface area contributed by atoms with Crippen LogP contribution < -0.4 is 11.1 Å². The minimum absolute atomic E-state index is 0. The molecule has 7 heteroatoms. The maximum Gasteiger partial charge on any atom is 0.408 e. The summed E-state index contributed by atoms with van der Waals surface area (Å²) < 4.78 is 9.98. The first-order valence-electron chi connectivity index (χ1n) is 6.40. The summed E-state index contributed by atoms with van der Waals surface area (Å²) in [6, 6.07) is 8.33. The molecule has 1 atom stereocenters. The smallest absolute Gasteiger partial charge is 0.408 e. The molecule has 0 heterocycles. The summed E-state index contributed by atoms with van der Waals surface area (Å²) in [5.74, 6) is -0.570. The van der Waals surface area contributed by atoms with Gasteiger partial charge in [-0.1, -0.05) is 30.3 Å². The van der Waals surface area contributed by atoms with E-state index < -0.39 is 18.1 Å². The molecule has 0 aliphatic rings. The predicted octanol–water partition coefficient (Wildman–Crippen LogP) is 1.61. The molecule has 1 aromatic carbocycles. The van der Waals surface area contributed by atoms with Crippen LogP contribution in [0.2, 0.25) is 0 Å². The molecule has 6 nitrogen and oxygen atoms in total. The van der Waals surface area contributed by atoms with E-state index in [1.54, 1.807) is 13.8 Å². The Morgan fingerprint density at radius 3 is 2.38 bits per heavy atom. The highest BCUT2D eigenvalue weighted by Crippen LogP contribution is 2.01. The number of rotatable bonds is 6. The van der Waals surface area contributed by atoms with Crippen LogP contribution in [0.4, 0.5) is 4.79 Å². The molecule has 3 N–H and O–H groups in total. The zero-order valence-electron chi connectivity index (χ0n) is 12.1. The lowest BCUT2D eigenvalue weighted by Crippen LogP contribution is -2.47. The van der Waals surface area contributed by atoms with E-state index in [1.807, 2.05) is 30.3 Å². The second-order valence-corrected chi connectivity index (χ2v) is 4.48. The van der Waals surface area contributed by atoms with Gasteiger partial charge in [-0.05, 0) is 19.4 Å². The molecule has 0 spiro atoms. The summed E-state index contributed by atoms with van der Waals surface area (Å²) in [4.78, 5) is 23.2. The van der Waals surface area contributed by atoms with E-state index in [0.717, 1.165) is 5.56 Å². The van der Waals surface area contributed by atoms with Crippen molar-refractivity contribution >= 4 is 24.5 Å². The van der Waals surface area contributed by atoms with E-state index in [-0.39, 0.29) is 31.7 Å². The number of ether oxygens (including phenoxy) is 2. The number of carbonyl (C=O) groups excluding carboxylic acids is 2. The van der Waals surface area contributed by atoms with Crippen molar-refractivity contribution in [2.45, 2.75) is 32.6 Å². The zero-order chi connectivity index (χ0) is 15.0. The van der Waals surface area contributed by atoms with Gasteiger partial charge in [0.1, 0.15) is 12.6 Å². The van der Waals surface area contributed by atoms with Crippen LogP contribution in [0.5, 0.6) is 0 Å². The van der Waals surface area contributed by atoms with Crippen molar-refractivity contribution in [2.24, 2.45) is 5.73 Å². The van der Waals surface area contributed by atoms with Gasteiger partial charge in [0, 0.05) is 6.54 Å². The average Bonchev–Trinajstić information content (AvgIpc) is 2.42. The van der Waals surface area contributed by atoms with Crippen LogP contribution in [0.15, 0.2) is 30.3 Å². The molecule has 0 saturated heterocycles. The maximum atomic E-state index is 11.6. The summed E-state index contributed by atoms with van der Waals surface area (Å²) >= 11 is 0. The zero-order valence-corrected chi connectivity index (χ0v) is 12.9. The number of hydrogen-bond donors (Lipinski definition) is 2. The highest BCUT2D eigenvalue weighted by atomic mass is 35.5. The van der Waals surface area contributed by atoms with Gasteiger partial charge in [0.25, 0.3) is 0 Å². The number of hydrogen-bond acceptors (Lipinski definition) is 5. The van der Waals surface area contributed by atoms with Crippen molar-refractivity contribution < 1.29 is 19.1 Å². The van der Waals surface area contributed by atoms with E-state index >= 15 is 0 Å². The van der Waals surface area contributed by atoms with Crippen molar-refractivity contribution in [1.82, 2.24) is 5.32 Å². The first-order valence-corrected chi connectivity index (χ1v) is 6.40. The molecular weight excluding hydrogens is 296 g/mol. The lowest BCUT2D eigenvalue weighted by Gasteiger charge is -2.17. The van der Waals surface area contributed by atoms with Gasteiger partial charge >= 0.3 is 12.1 Å². The third-order valence-electron chi connectivity index (χ3n) is 2.38. The van der Waals surface area contributed by atoms with Gasteiger partial charge in [0.15, 0.2) is 0 Å². The molecule has 1 aromatic rings. The van der Waals surface area contributed by atoms with E-state index in [1.165, 1.54) is 0 Å². The fraction of sp³-hybridized carbons (Fsp3) is 0.429. The Morgan fingerprint density at radius 1 is 1.24 bits per heavy atom. The summed E-state index contributed by atoms with van der Waals surface area (Å²) in [7, 11) is 0. The Bertz CT molecular complexity index is 440. The molecule has 0 fully saturated rings. The van der Waals surface area contributed by atoms with E-state index in [2.05, 4.69) is 5.32 Å². The molecule has 0 saturated carbocycles. The summed E-state index contributed by atoms with van der Waals surface area (Å²) in [5, 5.41) is 2.38. The molecule has 0 aromatic heterocycles. The number of alkyl carbamates (subject to hydrolysis) is 1. The summed E-state index contributed by atoms with van der Waals surface area (Å²) in [5.41, 5.74) is 6.29. The van der Waals surface area contributed by atoms with E-state index in [4.69, 9.17) is 15.2 Å². The Kier molecular flexibility index (Phi) is 9.16. The molecule has 0 aliphatic heterocycles. The topological polar surface area (TPSA) is 90.6 Å². The van der Waals surface area contributed by atoms with Gasteiger partial charge in [-0.3, -0.25) is 0 Å². The van der Waals surface area contributed by atoms with E-state index in [9.17, 15) is 9.59 Å². The van der Waals surface area contributed by atoms with Crippen molar-refractivity contribution in [3.63, 3.8) is 0 Å². The van der Waals surface area contributed by atoms with Crippen LogP contribution in [0, 0.1) is 0 Å². The Balaban J connectivity index is 0.00000400. The molecule has 1 amide bonds. The molecule has 0 unspecified atom stereocenters. The minimum Gasteiger partial charge on any atom is -0.461 e. The Labute approximate surface area is 130 Å². The normalized spacial score (nSPS) is 11.2. The average molecular weight is 317 g/mol. The van der Waals surface area contributed by atoms with E-state index in [0.29, 0.717) is 0 Å². The van der Waals surface area contributed by atoms with Crippen LogP contribution >= 0.6 is 12.4 Å². The van der Waals surface area contributed by atoms with Gasteiger partial charge in [-0.25, -0.2) is 9.59 Å². The van der Waals surface area contributed by atoms with Crippen LogP contribution in [-0.2, 0) is 20.9 Å². The third kappa shape index (κ3) is 7.53. The Hall–Kier alpha value is -1.79. The van der Waals surface area contributed by atoms with Crippen molar-refractivity contribution in [3.8, 4) is 0 Å². The molecule has 0 bridgehead atoms. The van der Waals surface area contributed by atoms with Crippen LogP contribution in [-0.4, -0.2) is 30.8 Å². The number of carbonyl (C=O) groups is 2. The number of halogens is 1. The lowest BCUT2D eigenvalue weighted by atomic mass is 10.2. The van der Waals surface area contributed by atoms with Gasteiger partial charge in [0.2, 0.25) is 0 Å². The lowest BCUT2D eigenvalue weighted by molar-refractivity contribution is -0.149. The Morgan fingerprint density at radius 2 is 1.86 bits per heavy atom. The number of nitrogens with two attached hydrogens (primary N) is 1. The highest BCUT2D eigenvalue weighted by molar-refractivity contribution is 5.85. The van der Waals surface area contributed by atoms with Gasteiger partial charge in [-0.2, -0.15) is 0 Å². The standard InChI is InChI=1S/C14H20N2O4.ClH/c1-10(2)20-13(17)12(8-15)16-14(18)19-9-11-6-4-3-5-7-11;/h3-7,10,12H,8-9,15H2,1-2H3,(H,16,18);1H/t12-;/m1./s1. The fourth-order valence-electron chi connectivity index (χ4n) is 1.44. The molecule has 118 valence electrons. The second kappa shape index (κ2) is 10.0. The largest absolute Gasteiger partial charge is 0.461 e. The van der Waals surface area contributed by atoms with Gasteiger partial charge in [0.05, 0.1) is 6.10 Å². The van der Waals surface area contributed by atoms with Crippen LogP contribution in [0.3, 0.4) is 0 Å². The third-order valence-corrected chi connectivity index (χ3v) is 2.38. The molecule has 21 heavy (non-hydrogen) atoms. The number of amides is 1. The summed E-state index contributed by atoms with van der Waals surface area (Å²) in [6.07, 6.45) is -0.969. The molecule has 0 aliphatic carbocycles. The second-order valence-electron chi connectivity index (χ2n) is 4.48. The van der Waals surface area contributed by atoms with Crippen molar-refractivity contribution in [3.05, 3.63) is 35.9 Å². The van der Waals surface area contributed by atoms with Crippen molar-refractivity contribution in [2.75, 3.05) is 6.54 Å². The first-order chi connectivity index (χ1) is 9.52. The van der Waals surface area contributed by atoms with Crippen molar-refractivity contribution in [1.29, 1.82) is 0 Å². The van der Waals surface area contributed by atoms with Crippen LogP contribution in [0.1, 0.15) is 19.4 Å². The quantitative estimate of drug-likeness (QED) is 0.778. The van der Waals surface area contributed by atoms with Crippen LogP contribution in [0.25, 0.3) is 0 Å². The number of esters is 1. The van der Waals surface area contributed by atoms with Gasteiger partial charge in [-0.15, -0.1) is 12.4 Å². The first kappa shape index (κ1) is 19.2.